The molecule has 156 valence electrons. The molecule has 2 aliphatic rings. The summed E-state index contributed by atoms with van der Waals surface area (Å²) in [7, 11) is 1.59. The molecule has 4 rings (SSSR count). The lowest BCUT2D eigenvalue weighted by atomic mass is 10.1. The molecule has 0 aromatic heterocycles. The van der Waals surface area contributed by atoms with Crippen LogP contribution < -0.4 is 9.64 Å². The fraction of sp³-hybridized carbons (Fsp3) is 0.478. The van der Waals surface area contributed by atoms with Crippen LogP contribution in [0.1, 0.15) is 12.8 Å². The molecule has 6 heteroatoms. The Kier molecular flexibility index (Phi) is 6.98. The number of thioether (sulfide) groups is 1. The zero-order valence-corrected chi connectivity index (χ0v) is 17.8. The van der Waals surface area contributed by atoms with Crippen LogP contribution in [-0.2, 0) is 4.74 Å². The van der Waals surface area contributed by atoms with Gasteiger partial charge < -0.3 is 19.5 Å². The number of benzene rings is 2. The maximum Gasteiger partial charge on any atom is 0.227 e. The Morgan fingerprint density at radius 1 is 1.03 bits per heavy atom. The monoisotopic (exact) mass is 414 g/mol. The van der Waals surface area contributed by atoms with Crippen LogP contribution in [0.5, 0.6) is 5.75 Å². The van der Waals surface area contributed by atoms with Crippen molar-refractivity contribution in [1.29, 1.82) is 0 Å². The minimum Gasteiger partial charge on any atom is -0.461 e. The quantitative estimate of drug-likeness (QED) is 0.781. The standard InChI is InChI=1S/C23H30N2O3S/c1-27-23-22(26)21(29-20-11-6-5-10-19(20)28-23)12-7-13-24-14-16-25(17-15-24)18-8-3-2-4-9-18/h2-6,8-11,21-23,26H,7,12-17H2,1H3. The van der Waals surface area contributed by atoms with Gasteiger partial charge in [-0.05, 0) is 43.7 Å². The van der Waals surface area contributed by atoms with E-state index in [1.54, 1.807) is 18.9 Å². The van der Waals surface area contributed by atoms with Crippen LogP contribution in [0.3, 0.4) is 0 Å². The van der Waals surface area contributed by atoms with E-state index in [0.29, 0.717) is 0 Å². The predicted molar refractivity (Wildman–Crippen MR) is 118 cm³/mol. The van der Waals surface area contributed by atoms with Crippen LogP contribution in [0, 0.1) is 0 Å². The molecule has 0 bridgehead atoms. The molecule has 29 heavy (non-hydrogen) atoms. The Bertz CT molecular complexity index is 768. The van der Waals surface area contributed by atoms with Crippen molar-refractivity contribution in [1.82, 2.24) is 4.90 Å². The Morgan fingerprint density at radius 2 is 1.76 bits per heavy atom. The molecule has 1 N–H and O–H groups in total. The Hall–Kier alpha value is -1.73. The number of piperazine rings is 1. The maximum absolute atomic E-state index is 10.8. The first-order valence-corrected chi connectivity index (χ1v) is 11.3. The van der Waals surface area contributed by atoms with E-state index >= 15 is 0 Å². The number of para-hydroxylation sites is 2. The van der Waals surface area contributed by atoms with Gasteiger partial charge in [0.15, 0.2) is 0 Å². The second-order valence-corrected chi connectivity index (χ2v) is 8.90. The highest BCUT2D eigenvalue weighted by molar-refractivity contribution is 8.00. The molecule has 0 aliphatic carbocycles. The number of aliphatic hydroxyl groups is 1. The molecule has 5 nitrogen and oxygen atoms in total. The fourth-order valence-electron chi connectivity index (χ4n) is 4.05. The second-order valence-electron chi connectivity index (χ2n) is 7.62. The molecule has 3 unspecified atom stereocenters. The number of ether oxygens (including phenoxy) is 2. The molecular formula is C23H30N2O3S. The van der Waals surface area contributed by atoms with E-state index in [-0.39, 0.29) is 5.25 Å². The van der Waals surface area contributed by atoms with E-state index in [9.17, 15) is 5.11 Å². The lowest BCUT2D eigenvalue weighted by molar-refractivity contribution is -0.126. The van der Waals surface area contributed by atoms with Gasteiger partial charge in [-0.25, -0.2) is 0 Å². The number of hydrogen-bond acceptors (Lipinski definition) is 6. The normalized spacial score (nSPS) is 25.2. The van der Waals surface area contributed by atoms with Crippen molar-refractivity contribution in [2.45, 2.75) is 35.4 Å². The van der Waals surface area contributed by atoms with E-state index in [1.807, 2.05) is 18.2 Å². The molecule has 2 heterocycles. The summed E-state index contributed by atoms with van der Waals surface area (Å²) in [6.07, 6.45) is 0.721. The number of hydrogen-bond donors (Lipinski definition) is 1. The molecule has 3 atom stereocenters. The maximum atomic E-state index is 10.8. The summed E-state index contributed by atoms with van der Waals surface area (Å²) < 4.78 is 11.3. The van der Waals surface area contributed by atoms with Crippen molar-refractivity contribution in [3.63, 3.8) is 0 Å². The van der Waals surface area contributed by atoms with Gasteiger partial charge in [0.05, 0.1) is 0 Å². The summed E-state index contributed by atoms with van der Waals surface area (Å²) in [5.74, 6) is 0.794. The molecule has 2 aromatic rings. The van der Waals surface area contributed by atoms with Gasteiger partial charge in [-0.2, -0.15) is 0 Å². The molecule has 0 spiro atoms. The molecule has 1 saturated heterocycles. The van der Waals surface area contributed by atoms with Crippen molar-refractivity contribution < 1.29 is 14.6 Å². The second kappa shape index (κ2) is 9.85. The van der Waals surface area contributed by atoms with Crippen LogP contribution in [0.2, 0.25) is 0 Å². The molecule has 2 aromatic carbocycles. The van der Waals surface area contributed by atoms with Crippen LogP contribution in [0.4, 0.5) is 5.69 Å². The number of methoxy groups -OCH3 is 1. The largest absolute Gasteiger partial charge is 0.461 e. The average Bonchev–Trinajstić information content (AvgIpc) is 2.91. The number of fused-ring (bicyclic) bond motifs is 1. The van der Waals surface area contributed by atoms with Crippen molar-refractivity contribution in [2.75, 3.05) is 44.7 Å². The molecule has 1 fully saturated rings. The zero-order chi connectivity index (χ0) is 20.1. The van der Waals surface area contributed by atoms with Crippen LogP contribution >= 0.6 is 11.8 Å². The highest BCUT2D eigenvalue weighted by Crippen LogP contribution is 2.40. The average molecular weight is 415 g/mol. The summed E-state index contributed by atoms with van der Waals surface area (Å²) >= 11 is 1.71. The lowest BCUT2D eigenvalue weighted by Crippen LogP contribution is -2.46. The van der Waals surface area contributed by atoms with Crippen molar-refractivity contribution in [3.8, 4) is 5.75 Å². The van der Waals surface area contributed by atoms with Gasteiger partial charge in [0.2, 0.25) is 6.29 Å². The minimum absolute atomic E-state index is 0.0641. The molecule has 0 radical (unpaired) electrons. The third kappa shape index (κ3) is 5.07. The first-order valence-electron chi connectivity index (χ1n) is 10.4. The van der Waals surface area contributed by atoms with Gasteiger partial charge in [0, 0.05) is 49.1 Å². The van der Waals surface area contributed by atoms with E-state index in [2.05, 4.69) is 46.2 Å². The number of rotatable bonds is 6. The van der Waals surface area contributed by atoms with Gasteiger partial charge in [-0.15, -0.1) is 11.8 Å². The van der Waals surface area contributed by atoms with Gasteiger partial charge in [0.25, 0.3) is 0 Å². The van der Waals surface area contributed by atoms with Gasteiger partial charge in [-0.3, -0.25) is 4.90 Å². The first kappa shape index (κ1) is 20.5. The first-order chi connectivity index (χ1) is 14.2. The van der Waals surface area contributed by atoms with E-state index < -0.39 is 12.4 Å². The summed E-state index contributed by atoms with van der Waals surface area (Å²) in [5, 5.41) is 10.9. The summed E-state index contributed by atoms with van der Waals surface area (Å²) in [6.45, 7) is 5.37. The zero-order valence-electron chi connectivity index (χ0n) is 16.9. The summed E-state index contributed by atoms with van der Waals surface area (Å²) in [5.41, 5.74) is 1.31. The third-order valence-electron chi connectivity index (χ3n) is 5.72. The van der Waals surface area contributed by atoms with E-state index in [4.69, 9.17) is 9.47 Å². The van der Waals surface area contributed by atoms with Crippen molar-refractivity contribution in [3.05, 3.63) is 54.6 Å². The number of aliphatic hydroxyl groups excluding tert-OH is 1. The fourth-order valence-corrected chi connectivity index (χ4v) is 5.32. The van der Waals surface area contributed by atoms with Crippen molar-refractivity contribution in [2.24, 2.45) is 0 Å². The van der Waals surface area contributed by atoms with Gasteiger partial charge in [-0.1, -0.05) is 30.3 Å². The van der Waals surface area contributed by atoms with Gasteiger partial charge >= 0.3 is 0 Å². The van der Waals surface area contributed by atoms with E-state index in [1.165, 1.54) is 5.69 Å². The predicted octanol–water partition coefficient (Wildman–Crippen LogP) is 3.48. The Morgan fingerprint density at radius 3 is 2.52 bits per heavy atom. The van der Waals surface area contributed by atoms with Crippen molar-refractivity contribution >= 4 is 17.4 Å². The molecule has 0 amide bonds. The van der Waals surface area contributed by atoms with Crippen LogP contribution in [0.15, 0.2) is 59.5 Å². The third-order valence-corrected chi connectivity index (χ3v) is 7.13. The molecule has 0 saturated carbocycles. The smallest absolute Gasteiger partial charge is 0.227 e. The van der Waals surface area contributed by atoms with E-state index in [0.717, 1.165) is 56.2 Å². The highest BCUT2D eigenvalue weighted by atomic mass is 32.2. The number of nitrogens with zero attached hydrogens (tertiary/aromatic N) is 2. The lowest BCUT2D eigenvalue weighted by Gasteiger charge is -2.36. The van der Waals surface area contributed by atoms with Gasteiger partial charge in [0.1, 0.15) is 11.9 Å². The van der Waals surface area contributed by atoms with Crippen LogP contribution in [-0.4, -0.2) is 67.5 Å². The summed E-state index contributed by atoms with van der Waals surface area (Å²) in [6, 6.07) is 18.6. The summed E-state index contributed by atoms with van der Waals surface area (Å²) in [4.78, 5) is 6.07. The SMILES string of the molecule is COC1Oc2ccccc2SC(CCCN2CCN(c3ccccc3)CC2)C1O. The van der Waals surface area contributed by atoms with Crippen LogP contribution in [0.25, 0.3) is 0 Å². The molecule has 2 aliphatic heterocycles. The topological polar surface area (TPSA) is 45.2 Å². The molecular weight excluding hydrogens is 384 g/mol. The minimum atomic E-state index is -0.646. The Balaban J connectivity index is 1.28. The highest BCUT2D eigenvalue weighted by Gasteiger charge is 2.34. The Labute approximate surface area is 177 Å². The number of anilines is 1.